The van der Waals surface area contributed by atoms with E-state index in [2.05, 4.69) is 15.6 Å². The van der Waals surface area contributed by atoms with E-state index in [0.717, 1.165) is 18.4 Å². The zero-order valence-electron chi connectivity index (χ0n) is 13.7. The first kappa shape index (κ1) is 16.4. The van der Waals surface area contributed by atoms with Crippen molar-refractivity contribution in [3.63, 3.8) is 0 Å². The Morgan fingerprint density at radius 1 is 1.00 bits per heavy atom. The number of hydrogen-bond acceptors (Lipinski definition) is 1. The minimum atomic E-state index is -0.245. The Morgan fingerprint density at radius 2 is 1.67 bits per heavy atom. The van der Waals surface area contributed by atoms with Crippen molar-refractivity contribution in [2.45, 2.75) is 24.8 Å². The Bertz CT molecular complexity index is 739. The Morgan fingerprint density at radius 3 is 2.29 bits per heavy atom. The molecule has 2 aromatic rings. The molecule has 0 heterocycles. The normalized spacial score (nSPS) is 15.9. The number of aliphatic imine (C=N–C) groups is 1. The van der Waals surface area contributed by atoms with Crippen LogP contribution in [0.25, 0.3) is 0 Å². The fourth-order valence-corrected chi connectivity index (χ4v) is 2.88. The molecule has 2 N–H and O–H groups in total. The summed E-state index contributed by atoms with van der Waals surface area (Å²) < 4.78 is 27.7. The van der Waals surface area contributed by atoms with Crippen LogP contribution < -0.4 is 10.6 Å². The predicted octanol–water partition coefficient (Wildman–Crippen LogP) is 3.36. The Balaban J connectivity index is 1.59. The molecule has 5 heteroatoms. The molecule has 126 valence electrons. The molecule has 0 saturated heterocycles. The summed E-state index contributed by atoms with van der Waals surface area (Å²) in [6, 6.07) is 13.5. The first-order valence-electron chi connectivity index (χ1n) is 8.07. The zero-order chi connectivity index (χ0) is 17.0. The molecule has 1 fully saturated rings. The van der Waals surface area contributed by atoms with Crippen LogP contribution in [0.15, 0.2) is 53.5 Å². The molecule has 3 nitrogen and oxygen atoms in total. The largest absolute Gasteiger partial charge is 0.356 e. The second-order valence-electron chi connectivity index (χ2n) is 6.13. The van der Waals surface area contributed by atoms with E-state index in [4.69, 9.17) is 0 Å². The predicted molar refractivity (Wildman–Crippen MR) is 91.9 cm³/mol. The average Bonchev–Trinajstić information content (AvgIpc) is 3.38. The molecular formula is C19H21F2N3. The van der Waals surface area contributed by atoms with E-state index in [1.165, 1.54) is 12.1 Å². The number of nitrogens with zero attached hydrogens (tertiary/aromatic N) is 1. The Labute approximate surface area is 140 Å². The fourth-order valence-electron chi connectivity index (χ4n) is 2.88. The molecule has 0 unspecified atom stereocenters. The van der Waals surface area contributed by atoms with Crippen molar-refractivity contribution < 1.29 is 8.78 Å². The lowest BCUT2D eigenvalue weighted by atomic mass is 9.95. The SMILES string of the molecule is CN=C(NCc1ccccc1F)NCC1(c2ccccc2F)CC1. The first-order chi connectivity index (χ1) is 11.6. The summed E-state index contributed by atoms with van der Waals surface area (Å²) in [5.41, 5.74) is 1.17. The average molecular weight is 329 g/mol. The maximum absolute atomic E-state index is 14.0. The minimum Gasteiger partial charge on any atom is -0.356 e. The van der Waals surface area contributed by atoms with Gasteiger partial charge in [-0.3, -0.25) is 4.99 Å². The Hall–Kier alpha value is -2.43. The number of halogens is 2. The summed E-state index contributed by atoms with van der Waals surface area (Å²) in [5.74, 6) is 0.178. The van der Waals surface area contributed by atoms with Gasteiger partial charge >= 0.3 is 0 Å². The monoisotopic (exact) mass is 329 g/mol. The van der Waals surface area contributed by atoms with Crippen molar-refractivity contribution in [3.05, 3.63) is 71.3 Å². The van der Waals surface area contributed by atoms with Gasteiger partial charge in [0.15, 0.2) is 5.96 Å². The van der Waals surface area contributed by atoms with Crippen LogP contribution in [-0.4, -0.2) is 19.6 Å². The first-order valence-corrected chi connectivity index (χ1v) is 8.07. The summed E-state index contributed by atoms with van der Waals surface area (Å²) >= 11 is 0. The molecule has 1 saturated carbocycles. The quantitative estimate of drug-likeness (QED) is 0.652. The smallest absolute Gasteiger partial charge is 0.191 e. The van der Waals surface area contributed by atoms with Crippen LogP contribution in [0, 0.1) is 11.6 Å². The van der Waals surface area contributed by atoms with E-state index in [9.17, 15) is 8.78 Å². The standard InChI is InChI=1S/C19H21F2N3/c1-22-18(23-12-14-6-2-4-8-16(14)20)24-13-19(10-11-19)15-7-3-5-9-17(15)21/h2-9H,10-13H2,1H3,(H2,22,23,24). The van der Waals surface area contributed by atoms with Crippen molar-refractivity contribution in [3.8, 4) is 0 Å². The highest BCUT2D eigenvalue weighted by atomic mass is 19.1. The van der Waals surface area contributed by atoms with Gasteiger partial charge in [-0.15, -0.1) is 0 Å². The van der Waals surface area contributed by atoms with Crippen LogP contribution in [0.1, 0.15) is 24.0 Å². The maximum atomic E-state index is 14.0. The molecule has 2 aromatic carbocycles. The van der Waals surface area contributed by atoms with Crippen molar-refractivity contribution in [2.75, 3.05) is 13.6 Å². The van der Waals surface area contributed by atoms with E-state index >= 15 is 0 Å². The molecule has 3 rings (SSSR count). The van der Waals surface area contributed by atoms with E-state index in [-0.39, 0.29) is 17.0 Å². The highest BCUT2D eigenvalue weighted by molar-refractivity contribution is 5.79. The highest BCUT2D eigenvalue weighted by Gasteiger charge is 2.45. The van der Waals surface area contributed by atoms with Gasteiger partial charge in [0.1, 0.15) is 11.6 Å². The number of guanidine groups is 1. The van der Waals surface area contributed by atoms with Gasteiger partial charge in [0, 0.05) is 31.1 Å². The number of nitrogens with one attached hydrogen (secondary N) is 2. The summed E-state index contributed by atoms with van der Waals surface area (Å²) in [6.45, 7) is 0.948. The molecule has 0 spiro atoms. The number of hydrogen-bond donors (Lipinski definition) is 2. The maximum Gasteiger partial charge on any atom is 0.191 e. The molecule has 0 aromatic heterocycles. The van der Waals surface area contributed by atoms with Crippen LogP contribution in [0.3, 0.4) is 0 Å². The third kappa shape index (κ3) is 3.55. The summed E-state index contributed by atoms with van der Waals surface area (Å²) in [5, 5.41) is 6.34. The lowest BCUT2D eigenvalue weighted by Crippen LogP contribution is -2.41. The van der Waals surface area contributed by atoms with Gasteiger partial charge in [-0.1, -0.05) is 36.4 Å². The van der Waals surface area contributed by atoms with Crippen LogP contribution in [-0.2, 0) is 12.0 Å². The van der Waals surface area contributed by atoms with Crippen molar-refractivity contribution in [2.24, 2.45) is 4.99 Å². The van der Waals surface area contributed by atoms with Gasteiger partial charge in [-0.25, -0.2) is 8.78 Å². The van der Waals surface area contributed by atoms with E-state index in [0.29, 0.717) is 24.6 Å². The number of rotatable bonds is 5. The highest BCUT2D eigenvalue weighted by Crippen LogP contribution is 2.48. The van der Waals surface area contributed by atoms with E-state index < -0.39 is 0 Å². The van der Waals surface area contributed by atoms with E-state index in [1.54, 1.807) is 31.3 Å². The van der Waals surface area contributed by atoms with Gasteiger partial charge in [0.25, 0.3) is 0 Å². The molecule has 0 bridgehead atoms. The lowest BCUT2D eigenvalue weighted by molar-refractivity contribution is 0.559. The summed E-state index contributed by atoms with van der Waals surface area (Å²) in [4.78, 5) is 4.16. The molecule has 1 aliphatic rings. The summed E-state index contributed by atoms with van der Waals surface area (Å²) in [6.07, 6.45) is 1.90. The van der Waals surface area contributed by atoms with Gasteiger partial charge in [0.05, 0.1) is 0 Å². The van der Waals surface area contributed by atoms with Crippen LogP contribution in [0.5, 0.6) is 0 Å². The molecule has 24 heavy (non-hydrogen) atoms. The number of benzene rings is 2. The van der Waals surface area contributed by atoms with Crippen LogP contribution >= 0.6 is 0 Å². The molecule has 0 aliphatic heterocycles. The molecule has 0 atom stereocenters. The fraction of sp³-hybridized carbons (Fsp3) is 0.316. The molecule has 0 amide bonds. The van der Waals surface area contributed by atoms with E-state index in [1.807, 2.05) is 12.1 Å². The molecule has 1 aliphatic carbocycles. The van der Waals surface area contributed by atoms with Gasteiger partial charge in [-0.2, -0.15) is 0 Å². The Kier molecular flexibility index (Phi) is 4.79. The summed E-state index contributed by atoms with van der Waals surface area (Å²) in [7, 11) is 1.67. The second-order valence-corrected chi connectivity index (χ2v) is 6.13. The topological polar surface area (TPSA) is 36.4 Å². The third-order valence-corrected chi connectivity index (χ3v) is 4.52. The van der Waals surface area contributed by atoms with Crippen molar-refractivity contribution in [1.82, 2.24) is 10.6 Å². The second kappa shape index (κ2) is 6.99. The molecular weight excluding hydrogens is 308 g/mol. The van der Waals surface area contributed by atoms with Crippen molar-refractivity contribution in [1.29, 1.82) is 0 Å². The third-order valence-electron chi connectivity index (χ3n) is 4.52. The minimum absolute atomic E-state index is 0.161. The van der Waals surface area contributed by atoms with Crippen LogP contribution in [0.2, 0.25) is 0 Å². The van der Waals surface area contributed by atoms with Gasteiger partial charge in [-0.05, 0) is 30.5 Å². The molecule has 0 radical (unpaired) electrons. The van der Waals surface area contributed by atoms with Crippen LogP contribution in [0.4, 0.5) is 8.78 Å². The zero-order valence-corrected chi connectivity index (χ0v) is 13.7. The van der Waals surface area contributed by atoms with Gasteiger partial charge < -0.3 is 10.6 Å². The van der Waals surface area contributed by atoms with Gasteiger partial charge in [0.2, 0.25) is 0 Å². The lowest BCUT2D eigenvalue weighted by Gasteiger charge is -2.19. The van der Waals surface area contributed by atoms with Crippen molar-refractivity contribution >= 4 is 5.96 Å².